The summed E-state index contributed by atoms with van der Waals surface area (Å²) in [5.74, 6) is 0.723. The van der Waals surface area contributed by atoms with Gasteiger partial charge in [-0.3, -0.25) is 0 Å². The minimum atomic E-state index is 0.488. The van der Waals surface area contributed by atoms with Crippen molar-refractivity contribution in [3.63, 3.8) is 0 Å². The summed E-state index contributed by atoms with van der Waals surface area (Å²) < 4.78 is 0. The molecule has 1 nitrogen and oxygen atoms in total. The third-order valence-electron chi connectivity index (χ3n) is 1.88. The van der Waals surface area contributed by atoms with Gasteiger partial charge in [-0.1, -0.05) is 6.07 Å². The second kappa shape index (κ2) is 4.85. The van der Waals surface area contributed by atoms with Gasteiger partial charge in [0, 0.05) is 16.8 Å². The number of hydrogen-bond donors (Lipinski definition) is 0. The Kier molecular flexibility index (Phi) is 4.06. The van der Waals surface area contributed by atoms with Crippen molar-refractivity contribution in [2.45, 2.75) is 12.5 Å². The Morgan fingerprint density at radius 3 is 2.75 bits per heavy atom. The SMILES string of the molecule is CN(C)C(CCCl)c1cccs1. The van der Waals surface area contributed by atoms with Gasteiger partial charge in [-0.25, -0.2) is 0 Å². The molecule has 0 saturated heterocycles. The fourth-order valence-corrected chi connectivity index (χ4v) is 2.40. The van der Waals surface area contributed by atoms with Crippen LogP contribution in [0.5, 0.6) is 0 Å². The van der Waals surface area contributed by atoms with Crippen LogP contribution in [-0.4, -0.2) is 24.9 Å². The number of rotatable bonds is 4. The van der Waals surface area contributed by atoms with Crippen LogP contribution in [0.25, 0.3) is 0 Å². The highest BCUT2D eigenvalue weighted by molar-refractivity contribution is 7.10. The maximum Gasteiger partial charge on any atom is 0.0446 e. The summed E-state index contributed by atoms with van der Waals surface area (Å²) in [6.07, 6.45) is 1.02. The second-order valence-electron chi connectivity index (χ2n) is 2.97. The monoisotopic (exact) mass is 203 g/mol. The maximum atomic E-state index is 5.74. The van der Waals surface area contributed by atoms with Crippen molar-refractivity contribution in [3.05, 3.63) is 22.4 Å². The lowest BCUT2D eigenvalue weighted by molar-refractivity contribution is 0.297. The standard InChI is InChI=1S/C9H14ClNS/c1-11(2)8(5-6-10)9-4-3-7-12-9/h3-4,7-8H,5-6H2,1-2H3. The van der Waals surface area contributed by atoms with Crippen LogP contribution in [0.4, 0.5) is 0 Å². The van der Waals surface area contributed by atoms with Crippen LogP contribution in [0.3, 0.4) is 0 Å². The van der Waals surface area contributed by atoms with Crippen molar-refractivity contribution in [2.24, 2.45) is 0 Å². The summed E-state index contributed by atoms with van der Waals surface area (Å²) in [6, 6.07) is 4.74. The summed E-state index contributed by atoms with van der Waals surface area (Å²) >= 11 is 7.53. The molecule has 0 amide bonds. The molecule has 1 rings (SSSR count). The molecule has 1 unspecified atom stereocenters. The topological polar surface area (TPSA) is 3.24 Å². The average Bonchev–Trinajstić information content (AvgIpc) is 2.51. The van der Waals surface area contributed by atoms with Gasteiger partial charge in [0.1, 0.15) is 0 Å². The fraction of sp³-hybridized carbons (Fsp3) is 0.556. The summed E-state index contributed by atoms with van der Waals surface area (Å²) in [6.45, 7) is 0. The van der Waals surface area contributed by atoms with Gasteiger partial charge in [0.05, 0.1) is 0 Å². The van der Waals surface area contributed by atoms with Crippen molar-refractivity contribution in [2.75, 3.05) is 20.0 Å². The molecule has 0 N–H and O–H groups in total. The molecule has 0 fully saturated rings. The van der Waals surface area contributed by atoms with Crippen LogP contribution >= 0.6 is 22.9 Å². The molecule has 1 heterocycles. The van der Waals surface area contributed by atoms with Crippen molar-refractivity contribution >= 4 is 22.9 Å². The van der Waals surface area contributed by atoms with E-state index >= 15 is 0 Å². The summed E-state index contributed by atoms with van der Waals surface area (Å²) in [5.41, 5.74) is 0. The van der Waals surface area contributed by atoms with Crippen molar-refractivity contribution in [1.29, 1.82) is 0 Å². The van der Waals surface area contributed by atoms with Gasteiger partial charge >= 0.3 is 0 Å². The van der Waals surface area contributed by atoms with E-state index in [1.165, 1.54) is 4.88 Å². The third-order valence-corrected chi connectivity index (χ3v) is 3.07. The first kappa shape index (κ1) is 10.0. The Balaban J connectivity index is 2.66. The highest BCUT2D eigenvalue weighted by atomic mass is 35.5. The van der Waals surface area contributed by atoms with E-state index in [-0.39, 0.29) is 0 Å². The molecule has 68 valence electrons. The lowest BCUT2D eigenvalue weighted by Gasteiger charge is -2.21. The van der Waals surface area contributed by atoms with E-state index in [0.717, 1.165) is 12.3 Å². The summed E-state index contributed by atoms with van der Waals surface area (Å²) in [4.78, 5) is 3.62. The van der Waals surface area contributed by atoms with E-state index in [0.29, 0.717) is 6.04 Å². The number of halogens is 1. The molecule has 0 bridgehead atoms. The number of thiophene rings is 1. The van der Waals surface area contributed by atoms with E-state index in [9.17, 15) is 0 Å². The summed E-state index contributed by atoms with van der Waals surface area (Å²) in [7, 11) is 4.19. The van der Waals surface area contributed by atoms with Gasteiger partial charge < -0.3 is 4.90 Å². The van der Waals surface area contributed by atoms with Crippen LogP contribution in [0.1, 0.15) is 17.3 Å². The Hall–Kier alpha value is -0.0500. The largest absolute Gasteiger partial charge is 0.302 e. The lowest BCUT2D eigenvalue weighted by Crippen LogP contribution is -2.19. The third kappa shape index (κ3) is 2.47. The van der Waals surface area contributed by atoms with Gasteiger partial charge in [0.15, 0.2) is 0 Å². The van der Waals surface area contributed by atoms with Gasteiger partial charge in [-0.2, -0.15) is 0 Å². The fourth-order valence-electron chi connectivity index (χ4n) is 1.24. The molecule has 1 atom stereocenters. The molecule has 12 heavy (non-hydrogen) atoms. The Morgan fingerprint density at radius 1 is 1.58 bits per heavy atom. The van der Waals surface area contributed by atoms with E-state index in [2.05, 4.69) is 36.5 Å². The van der Waals surface area contributed by atoms with Crippen LogP contribution in [0, 0.1) is 0 Å². The summed E-state index contributed by atoms with van der Waals surface area (Å²) in [5, 5.41) is 2.11. The number of hydrogen-bond acceptors (Lipinski definition) is 2. The minimum Gasteiger partial charge on any atom is -0.302 e. The van der Waals surface area contributed by atoms with E-state index < -0.39 is 0 Å². The Labute approximate surface area is 83.0 Å². The van der Waals surface area contributed by atoms with Gasteiger partial charge in [-0.05, 0) is 32.0 Å². The smallest absolute Gasteiger partial charge is 0.0446 e. The van der Waals surface area contributed by atoms with Crippen LogP contribution in [-0.2, 0) is 0 Å². The predicted molar refractivity (Wildman–Crippen MR) is 56.1 cm³/mol. The first-order valence-corrected chi connectivity index (χ1v) is 5.43. The van der Waals surface area contributed by atoms with Crippen LogP contribution in [0.2, 0.25) is 0 Å². The predicted octanol–water partition coefficient (Wildman–Crippen LogP) is 2.98. The van der Waals surface area contributed by atoms with Gasteiger partial charge in [-0.15, -0.1) is 22.9 Å². The Bertz CT molecular complexity index is 208. The highest BCUT2D eigenvalue weighted by Gasteiger charge is 2.13. The minimum absolute atomic E-state index is 0.488. The molecule has 0 aromatic carbocycles. The van der Waals surface area contributed by atoms with E-state index in [1.807, 2.05) is 0 Å². The van der Waals surface area contributed by atoms with Crippen molar-refractivity contribution in [3.8, 4) is 0 Å². The normalized spacial score (nSPS) is 13.7. The van der Waals surface area contributed by atoms with Crippen LogP contribution < -0.4 is 0 Å². The van der Waals surface area contributed by atoms with Gasteiger partial charge in [0.25, 0.3) is 0 Å². The number of alkyl halides is 1. The molecule has 0 aliphatic heterocycles. The molecular weight excluding hydrogens is 190 g/mol. The van der Waals surface area contributed by atoms with E-state index in [4.69, 9.17) is 11.6 Å². The first-order valence-electron chi connectivity index (χ1n) is 4.01. The molecule has 0 saturated carbocycles. The zero-order valence-corrected chi connectivity index (χ0v) is 9.03. The van der Waals surface area contributed by atoms with Crippen molar-refractivity contribution in [1.82, 2.24) is 4.90 Å². The number of nitrogens with zero attached hydrogens (tertiary/aromatic N) is 1. The average molecular weight is 204 g/mol. The molecule has 1 aromatic heterocycles. The second-order valence-corrected chi connectivity index (χ2v) is 4.33. The molecule has 3 heteroatoms. The maximum absolute atomic E-state index is 5.74. The lowest BCUT2D eigenvalue weighted by atomic mass is 10.2. The van der Waals surface area contributed by atoms with Crippen LogP contribution in [0.15, 0.2) is 17.5 Å². The molecule has 0 aliphatic rings. The van der Waals surface area contributed by atoms with E-state index in [1.54, 1.807) is 11.3 Å². The molecule has 0 spiro atoms. The van der Waals surface area contributed by atoms with Gasteiger partial charge in [0.2, 0.25) is 0 Å². The van der Waals surface area contributed by atoms with Crippen molar-refractivity contribution < 1.29 is 0 Å². The molecule has 0 radical (unpaired) electrons. The molecular formula is C9H14ClNS. The Morgan fingerprint density at radius 2 is 2.33 bits per heavy atom. The molecule has 0 aliphatic carbocycles. The highest BCUT2D eigenvalue weighted by Crippen LogP contribution is 2.26. The molecule has 1 aromatic rings. The quantitative estimate of drug-likeness (QED) is 0.681. The zero-order chi connectivity index (χ0) is 8.97. The first-order chi connectivity index (χ1) is 5.75. The zero-order valence-electron chi connectivity index (χ0n) is 7.46.